The first-order chi connectivity index (χ1) is 14.2. The first kappa shape index (κ1) is 22.6. The summed E-state index contributed by atoms with van der Waals surface area (Å²) in [6, 6.07) is 9.99. The molecule has 1 heterocycles. The van der Waals surface area contributed by atoms with E-state index in [2.05, 4.69) is 5.32 Å². The maximum atomic E-state index is 13.0. The first-order valence-electron chi connectivity index (χ1n) is 9.60. The highest BCUT2D eigenvalue weighted by Gasteiger charge is 2.28. The van der Waals surface area contributed by atoms with Crippen molar-refractivity contribution in [3.05, 3.63) is 52.5 Å². The summed E-state index contributed by atoms with van der Waals surface area (Å²) in [6.45, 7) is 6.56. The molecule has 1 unspecified atom stereocenters. The van der Waals surface area contributed by atoms with E-state index in [1.165, 1.54) is 10.4 Å². The number of hydrogen-bond acceptors (Lipinski definition) is 5. The van der Waals surface area contributed by atoms with Crippen molar-refractivity contribution in [2.45, 2.75) is 31.8 Å². The number of ether oxygens (including phenoxy) is 2. The van der Waals surface area contributed by atoms with Gasteiger partial charge in [-0.15, -0.1) is 0 Å². The van der Waals surface area contributed by atoms with Gasteiger partial charge >= 0.3 is 0 Å². The van der Waals surface area contributed by atoms with Crippen LogP contribution in [0, 0.1) is 13.8 Å². The predicted octanol–water partition coefficient (Wildman–Crippen LogP) is 3.38. The van der Waals surface area contributed by atoms with E-state index < -0.39 is 16.1 Å². The van der Waals surface area contributed by atoms with Gasteiger partial charge in [0.05, 0.1) is 18.1 Å². The molecular formula is C21H25ClN2O5S. The molecule has 1 atom stereocenters. The van der Waals surface area contributed by atoms with Crippen molar-refractivity contribution in [2.24, 2.45) is 0 Å². The van der Waals surface area contributed by atoms with Gasteiger partial charge in [-0.3, -0.25) is 4.79 Å². The summed E-state index contributed by atoms with van der Waals surface area (Å²) in [5.74, 6) is 0.139. The second kappa shape index (κ2) is 9.34. The number of hydrogen-bond donors (Lipinski definition) is 1. The maximum Gasteiger partial charge on any atom is 0.265 e. The number of nitrogens with zero attached hydrogens (tertiary/aromatic N) is 1. The monoisotopic (exact) mass is 452 g/mol. The van der Waals surface area contributed by atoms with Crippen molar-refractivity contribution in [3.8, 4) is 5.75 Å². The van der Waals surface area contributed by atoms with Crippen molar-refractivity contribution < 1.29 is 22.7 Å². The van der Waals surface area contributed by atoms with E-state index in [0.717, 1.165) is 5.56 Å². The number of morpholine rings is 1. The van der Waals surface area contributed by atoms with E-state index in [9.17, 15) is 13.2 Å². The second-order valence-corrected chi connectivity index (χ2v) is 9.47. The molecule has 9 heteroatoms. The molecule has 0 aliphatic carbocycles. The highest BCUT2D eigenvalue weighted by Crippen LogP contribution is 2.25. The summed E-state index contributed by atoms with van der Waals surface area (Å²) in [4.78, 5) is 12.7. The minimum atomic E-state index is -3.67. The highest BCUT2D eigenvalue weighted by molar-refractivity contribution is 7.89. The minimum Gasteiger partial charge on any atom is -0.481 e. The van der Waals surface area contributed by atoms with Gasteiger partial charge in [0.1, 0.15) is 5.75 Å². The number of nitrogens with one attached hydrogen (secondary N) is 1. The van der Waals surface area contributed by atoms with Gasteiger partial charge in [-0.05, 0) is 62.2 Å². The largest absolute Gasteiger partial charge is 0.481 e. The molecule has 1 aliphatic heterocycles. The van der Waals surface area contributed by atoms with Gasteiger partial charge in [0.15, 0.2) is 6.10 Å². The van der Waals surface area contributed by atoms with Gasteiger partial charge in [-0.25, -0.2) is 8.42 Å². The fourth-order valence-electron chi connectivity index (χ4n) is 3.07. The second-order valence-electron chi connectivity index (χ2n) is 7.16. The maximum absolute atomic E-state index is 13.0. The van der Waals surface area contributed by atoms with Crippen LogP contribution in [0.1, 0.15) is 18.1 Å². The van der Waals surface area contributed by atoms with Gasteiger partial charge in [0.25, 0.3) is 5.91 Å². The van der Waals surface area contributed by atoms with Gasteiger partial charge in [-0.2, -0.15) is 4.31 Å². The summed E-state index contributed by atoms with van der Waals surface area (Å²) in [5.41, 5.74) is 1.85. The molecule has 1 N–H and O–H groups in total. The van der Waals surface area contributed by atoms with Gasteiger partial charge < -0.3 is 14.8 Å². The smallest absolute Gasteiger partial charge is 0.265 e. The molecule has 1 aliphatic rings. The Balaban J connectivity index is 1.74. The standard InChI is InChI=1S/C21H25ClN2O5S/c1-14-4-5-17(13-20(14)30(26,27)24-8-10-28-11-9-24)23-21(25)16(3)29-18-6-7-19(22)15(2)12-18/h4-7,12-13,16H,8-11H2,1-3H3,(H,23,25). The lowest BCUT2D eigenvalue weighted by Gasteiger charge is -2.27. The Morgan fingerprint density at radius 3 is 2.50 bits per heavy atom. The number of aryl methyl sites for hydroxylation is 2. The number of carbonyl (C=O) groups is 1. The van der Waals surface area contributed by atoms with Crippen LogP contribution < -0.4 is 10.1 Å². The highest BCUT2D eigenvalue weighted by atomic mass is 35.5. The van der Waals surface area contributed by atoms with Gasteiger partial charge in [-0.1, -0.05) is 17.7 Å². The number of benzene rings is 2. The van der Waals surface area contributed by atoms with Crippen LogP contribution in [0.2, 0.25) is 5.02 Å². The van der Waals surface area contributed by atoms with Crippen molar-refractivity contribution in [3.63, 3.8) is 0 Å². The van der Waals surface area contributed by atoms with Crippen LogP contribution in [-0.4, -0.2) is 51.0 Å². The summed E-state index contributed by atoms with van der Waals surface area (Å²) < 4.78 is 38.3. The Kier molecular flexibility index (Phi) is 7.02. The molecule has 1 saturated heterocycles. The Morgan fingerprint density at radius 2 is 1.83 bits per heavy atom. The molecule has 2 aromatic rings. The van der Waals surface area contributed by atoms with Crippen LogP contribution in [0.25, 0.3) is 0 Å². The van der Waals surface area contributed by atoms with Crippen LogP contribution in [0.15, 0.2) is 41.3 Å². The molecule has 0 saturated carbocycles. The molecule has 30 heavy (non-hydrogen) atoms. The van der Waals surface area contributed by atoms with Gasteiger partial charge in [0, 0.05) is 23.8 Å². The Bertz CT molecular complexity index is 1040. The quantitative estimate of drug-likeness (QED) is 0.726. The van der Waals surface area contributed by atoms with Crippen LogP contribution in [-0.2, 0) is 19.6 Å². The van der Waals surface area contributed by atoms with Gasteiger partial charge in [0.2, 0.25) is 10.0 Å². The molecule has 3 rings (SSSR count). The van der Waals surface area contributed by atoms with E-state index in [4.69, 9.17) is 21.1 Å². The van der Waals surface area contributed by atoms with E-state index in [1.807, 2.05) is 6.92 Å². The normalized spacial score (nSPS) is 16.1. The van der Waals surface area contributed by atoms with Crippen molar-refractivity contribution in [1.82, 2.24) is 4.31 Å². The van der Waals surface area contributed by atoms with Crippen molar-refractivity contribution >= 4 is 33.2 Å². The average molecular weight is 453 g/mol. The van der Waals surface area contributed by atoms with Crippen LogP contribution in [0.3, 0.4) is 0 Å². The minimum absolute atomic E-state index is 0.170. The molecule has 1 amide bonds. The Morgan fingerprint density at radius 1 is 1.13 bits per heavy atom. The van der Waals surface area contributed by atoms with E-state index in [1.54, 1.807) is 44.2 Å². The van der Waals surface area contributed by atoms with Crippen LogP contribution in [0.4, 0.5) is 5.69 Å². The third-order valence-corrected chi connectivity index (χ3v) is 7.32. The summed E-state index contributed by atoms with van der Waals surface area (Å²) in [7, 11) is -3.67. The molecule has 0 spiro atoms. The summed E-state index contributed by atoms with van der Waals surface area (Å²) in [5, 5.41) is 3.35. The van der Waals surface area contributed by atoms with Crippen LogP contribution in [0.5, 0.6) is 5.75 Å². The molecule has 0 aromatic heterocycles. The third kappa shape index (κ3) is 5.13. The zero-order chi connectivity index (χ0) is 21.9. The lowest BCUT2D eigenvalue weighted by atomic mass is 10.2. The van der Waals surface area contributed by atoms with Crippen LogP contribution >= 0.6 is 11.6 Å². The molecule has 7 nitrogen and oxygen atoms in total. The van der Waals surface area contributed by atoms with E-state index >= 15 is 0 Å². The number of carbonyl (C=O) groups excluding carboxylic acids is 1. The van der Waals surface area contributed by atoms with Crippen molar-refractivity contribution in [2.75, 3.05) is 31.6 Å². The van der Waals surface area contributed by atoms with Crippen molar-refractivity contribution in [1.29, 1.82) is 0 Å². The van der Waals surface area contributed by atoms with E-state index in [0.29, 0.717) is 48.3 Å². The number of amides is 1. The zero-order valence-corrected chi connectivity index (χ0v) is 18.7. The summed E-state index contributed by atoms with van der Waals surface area (Å²) in [6.07, 6.45) is -0.786. The molecule has 2 aromatic carbocycles. The number of halogens is 1. The zero-order valence-electron chi connectivity index (χ0n) is 17.1. The molecule has 162 valence electrons. The fraction of sp³-hybridized carbons (Fsp3) is 0.381. The third-order valence-electron chi connectivity index (χ3n) is 4.86. The van der Waals surface area contributed by atoms with E-state index in [-0.39, 0.29) is 10.8 Å². The Labute approximate surface area is 182 Å². The SMILES string of the molecule is Cc1cc(OC(C)C(=O)Nc2ccc(C)c(S(=O)(=O)N3CCOCC3)c2)ccc1Cl. The lowest BCUT2D eigenvalue weighted by Crippen LogP contribution is -2.40. The summed E-state index contributed by atoms with van der Waals surface area (Å²) >= 11 is 6.01. The first-order valence-corrected chi connectivity index (χ1v) is 11.4. The molecular weight excluding hydrogens is 428 g/mol. The Hall–Kier alpha value is -2.13. The molecule has 1 fully saturated rings. The molecule has 0 bridgehead atoms. The topological polar surface area (TPSA) is 84.9 Å². The average Bonchev–Trinajstić information content (AvgIpc) is 2.72. The molecule has 0 radical (unpaired) electrons. The lowest BCUT2D eigenvalue weighted by molar-refractivity contribution is -0.122. The fourth-order valence-corrected chi connectivity index (χ4v) is 4.85. The number of rotatable bonds is 6. The number of sulfonamides is 1. The predicted molar refractivity (Wildman–Crippen MR) is 116 cm³/mol. The number of anilines is 1.